The van der Waals surface area contributed by atoms with E-state index in [1.165, 1.54) is 5.56 Å². The number of aromatic amines is 1. The number of nitrogens with zero attached hydrogens (tertiary/aromatic N) is 2. The number of nitrogens with one attached hydrogen (secondary N) is 2. The monoisotopic (exact) mass is 340 g/mol. The van der Waals surface area contributed by atoms with E-state index in [1.54, 1.807) is 6.20 Å². The van der Waals surface area contributed by atoms with Gasteiger partial charge in [-0.25, -0.2) is 0 Å². The Morgan fingerprint density at radius 1 is 1.32 bits per heavy atom. The summed E-state index contributed by atoms with van der Waals surface area (Å²) >= 11 is 0. The van der Waals surface area contributed by atoms with Crippen molar-refractivity contribution in [2.75, 3.05) is 13.1 Å². The number of amides is 1. The molecule has 0 unspecified atom stereocenters. The topological polar surface area (TPSA) is 61.0 Å². The Balaban J connectivity index is 1.54. The minimum atomic E-state index is -0.0218. The molecular formula is C20H28N4O. The summed E-state index contributed by atoms with van der Waals surface area (Å²) in [5.41, 5.74) is 2.92. The fourth-order valence-electron chi connectivity index (χ4n) is 3.58. The molecule has 1 fully saturated rings. The van der Waals surface area contributed by atoms with E-state index < -0.39 is 0 Å². The summed E-state index contributed by atoms with van der Waals surface area (Å²) in [5.74, 6) is 0.722. The minimum Gasteiger partial charge on any atom is -0.349 e. The Morgan fingerprint density at radius 2 is 2.08 bits per heavy atom. The average Bonchev–Trinajstić information content (AvgIpc) is 3.25. The van der Waals surface area contributed by atoms with Crippen LogP contribution in [0.1, 0.15) is 54.7 Å². The fraction of sp³-hybridized carbons (Fsp3) is 0.500. The molecule has 1 saturated heterocycles. The van der Waals surface area contributed by atoms with Crippen LogP contribution < -0.4 is 5.32 Å². The number of H-pyrrole nitrogens is 1. The summed E-state index contributed by atoms with van der Waals surface area (Å²) in [6.07, 6.45) is 2.75. The van der Waals surface area contributed by atoms with E-state index >= 15 is 0 Å². The average molecular weight is 340 g/mol. The first-order valence-corrected chi connectivity index (χ1v) is 9.15. The van der Waals surface area contributed by atoms with Crippen LogP contribution in [0.15, 0.2) is 36.5 Å². The maximum Gasteiger partial charge on any atom is 0.254 e. The lowest BCUT2D eigenvalue weighted by molar-refractivity contribution is 0.0925. The first kappa shape index (κ1) is 17.7. The van der Waals surface area contributed by atoms with E-state index in [0.717, 1.165) is 31.7 Å². The van der Waals surface area contributed by atoms with Crippen LogP contribution in [0, 0.1) is 5.92 Å². The molecule has 1 amide bonds. The molecule has 0 radical (unpaired) electrons. The lowest BCUT2D eigenvalue weighted by Gasteiger charge is -2.22. The van der Waals surface area contributed by atoms with Crippen molar-refractivity contribution in [1.29, 1.82) is 0 Å². The summed E-state index contributed by atoms with van der Waals surface area (Å²) < 4.78 is 0. The molecule has 0 aliphatic carbocycles. The van der Waals surface area contributed by atoms with Crippen molar-refractivity contribution < 1.29 is 4.79 Å². The van der Waals surface area contributed by atoms with Crippen LogP contribution in [0.2, 0.25) is 0 Å². The second kappa shape index (κ2) is 7.83. The summed E-state index contributed by atoms with van der Waals surface area (Å²) in [6.45, 7) is 9.33. The molecule has 0 saturated carbocycles. The van der Waals surface area contributed by atoms with Crippen molar-refractivity contribution in [2.24, 2.45) is 5.92 Å². The molecule has 0 bridgehead atoms. The van der Waals surface area contributed by atoms with Crippen LogP contribution in [0.25, 0.3) is 0 Å². The maximum absolute atomic E-state index is 12.6. The van der Waals surface area contributed by atoms with Crippen LogP contribution in [-0.2, 0) is 6.54 Å². The lowest BCUT2D eigenvalue weighted by Crippen LogP contribution is -2.39. The highest BCUT2D eigenvalue weighted by molar-refractivity contribution is 5.95. The highest BCUT2D eigenvalue weighted by atomic mass is 16.1. The van der Waals surface area contributed by atoms with Crippen LogP contribution in [-0.4, -0.2) is 40.1 Å². The molecule has 2 atom stereocenters. The molecule has 1 aliphatic rings. The van der Waals surface area contributed by atoms with E-state index in [2.05, 4.69) is 71.5 Å². The number of hydrogen-bond acceptors (Lipinski definition) is 3. The Bertz CT molecular complexity index is 695. The number of rotatable bonds is 6. The van der Waals surface area contributed by atoms with Gasteiger partial charge in [0.25, 0.3) is 5.91 Å². The molecule has 2 N–H and O–H groups in total. The van der Waals surface area contributed by atoms with Gasteiger partial charge in [0.05, 0.1) is 17.5 Å². The van der Waals surface area contributed by atoms with Crippen molar-refractivity contribution >= 4 is 5.91 Å². The summed E-state index contributed by atoms with van der Waals surface area (Å²) in [7, 11) is 0. The highest BCUT2D eigenvalue weighted by Gasteiger charge is 2.28. The molecule has 1 aromatic carbocycles. The van der Waals surface area contributed by atoms with Crippen molar-refractivity contribution in [1.82, 2.24) is 20.4 Å². The second-order valence-corrected chi connectivity index (χ2v) is 7.38. The van der Waals surface area contributed by atoms with Gasteiger partial charge in [-0.15, -0.1) is 0 Å². The van der Waals surface area contributed by atoms with E-state index in [0.29, 0.717) is 11.5 Å². The van der Waals surface area contributed by atoms with Gasteiger partial charge in [0, 0.05) is 19.1 Å². The summed E-state index contributed by atoms with van der Waals surface area (Å²) in [6, 6.07) is 10.7. The highest BCUT2D eigenvalue weighted by Crippen LogP contribution is 2.22. The molecular weight excluding hydrogens is 312 g/mol. The van der Waals surface area contributed by atoms with Gasteiger partial charge >= 0.3 is 0 Å². The van der Waals surface area contributed by atoms with Gasteiger partial charge < -0.3 is 5.32 Å². The summed E-state index contributed by atoms with van der Waals surface area (Å²) in [4.78, 5) is 15.1. The SMILES string of the molecule is CC(C)c1[nH]ncc1C(=O)N[C@@H](C)[C@H]1CCN(Cc2ccccc2)C1. The van der Waals surface area contributed by atoms with Gasteiger partial charge in [-0.2, -0.15) is 5.10 Å². The maximum atomic E-state index is 12.6. The fourth-order valence-corrected chi connectivity index (χ4v) is 3.58. The lowest BCUT2D eigenvalue weighted by atomic mass is 9.99. The van der Waals surface area contributed by atoms with E-state index in [1.807, 2.05) is 0 Å². The first-order valence-electron chi connectivity index (χ1n) is 9.15. The zero-order valence-corrected chi connectivity index (χ0v) is 15.3. The molecule has 3 rings (SSSR count). The quantitative estimate of drug-likeness (QED) is 0.849. The van der Waals surface area contributed by atoms with Gasteiger partial charge in [0.2, 0.25) is 0 Å². The van der Waals surface area contributed by atoms with Gasteiger partial charge in [-0.3, -0.25) is 14.8 Å². The van der Waals surface area contributed by atoms with Crippen molar-refractivity contribution in [2.45, 2.75) is 45.7 Å². The van der Waals surface area contributed by atoms with E-state index in [4.69, 9.17) is 0 Å². The Morgan fingerprint density at radius 3 is 2.80 bits per heavy atom. The predicted molar refractivity (Wildman–Crippen MR) is 99.4 cm³/mol. The number of benzene rings is 1. The Hall–Kier alpha value is -2.14. The second-order valence-electron chi connectivity index (χ2n) is 7.38. The Kier molecular flexibility index (Phi) is 5.53. The Labute approximate surface area is 149 Å². The number of carbonyl (C=O) groups excluding carboxylic acids is 1. The van der Waals surface area contributed by atoms with Crippen molar-refractivity contribution in [3.05, 3.63) is 53.3 Å². The molecule has 134 valence electrons. The van der Waals surface area contributed by atoms with Crippen LogP contribution in [0.3, 0.4) is 0 Å². The van der Waals surface area contributed by atoms with E-state index in [9.17, 15) is 4.79 Å². The van der Waals surface area contributed by atoms with Gasteiger partial charge in [-0.05, 0) is 37.3 Å². The normalized spacial score (nSPS) is 19.3. The number of likely N-dealkylation sites (tertiary alicyclic amines) is 1. The number of aromatic nitrogens is 2. The van der Waals surface area contributed by atoms with E-state index in [-0.39, 0.29) is 17.9 Å². The predicted octanol–water partition coefficient (Wildman–Crippen LogP) is 3.17. The van der Waals surface area contributed by atoms with Gasteiger partial charge in [0.15, 0.2) is 0 Å². The third-order valence-electron chi connectivity index (χ3n) is 5.11. The standard InChI is InChI=1S/C20H28N4O/c1-14(2)19-18(11-21-23-19)20(25)22-15(3)17-9-10-24(13-17)12-16-7-5-4-6-8-16/h4-8,11,14-15,17H,9-10,12-13H2,1-3H3,(H,21,23)(H,22,25)/t15-,17-/m0/s1. The molecule has 2 heterocycles. The molecule has 0 spiro atoms. The third-order valence-corrected chi connectivity index (χ3v) is 5.11. The number of hydrogen-bond donors (Lipinski definition) is 2. The molecule has 5 heteroatoms. The first-order chi connectivity index (χ1) is 12.0. The summed E-state index contributed by atoms with van der Waals surface area (Å²) in [5, 5.41) is 10.2. The zero-order chi connectivity index (χ0) is 17.8. The minimum absolute atomic E-state index is 0.0218. The number of carbonyl (C=O) groups is 1. The van der Waals surface area contributed by atoms with Crippen molar-refractivity contribution in [3.63, 3.8) is 0 Å². The molecule has 1 aliphatic heterocycles. The largest absolute Gasteiger partial charge is 0.349 e. The molecule has 1 aromatic heterocycles. The molecule has 25 heavy (non-hydrogen) atoms. The third kappa shape index (κ3) is 4.28. The van der Waals surface area contributed by atoms with Crippen LogP contribution >= 0.6 is 0 Å². The van der Waals surface area contributed by atoms with Crippen LogP contribution in [0.4, 0.5) is 0 Å². The molecule has 2 aromatic rings. The van der Waals surface area contributed by atoms with Gasteiger partial charge in [0.1, 0.15) is 0 Å². The smallest absolute Gasteiger partial charge is 0.254 e. The zero-order valence-electron chi connectivity index (χ0n) is 15.3. The van der Waals surface area contributed by atoms with Crippen LogP contribution in [0.5, 0.6) is 0 Å². The molecule has 5 nitrogen and oxygen atoms in total. The van der Waals surface area contributed by atoms with Crippen molar-refractivity contribution in [3.8, 4) is 0 Å². The van der Waals surface area contributed by atoms with Gasteiger partial charge in [-0.1, -0.05) is 44.2 Å².